The van der Waals surface area contributed by atoms with Gasteiger partial charge in [0, 0.05) is 38.4 Å². The highest BCUT2D eigenvalue weighted by molar-refractivity contribution is 7.61. The molecule has 0 fully saturated rings. The van der Waals surface area contributed by atoms with Crippen LogP contribution in [-0.4, -0.2) is 17.1 Å². The average Bonchev–Trinajstić information content (AvgIpc) is 2.36. The third kappa shape index (κ3) is 2.68. The Hall–Kier alpha value is -1.29. The molecule has 1 aromatic heterocycles. The number of benzene rings is 1. The van der Waals surface area contributed by atoms with Crippen molar-refractivity contribution in [2.75, 3.05) is 7.11 Å². The van der Waals surface area contributed by atoms with Crippen molar-refractivity contribution in [1.82, 2.24) is 5.10 Å². The molecule has 1 N–H and O–H groups in total. The number of fused-ring (bicyclic) bond motifs is 1. The maximum atomic E-state index is 12.2. The summed E-state index contributed by atoms with van der Waals surface area (Å²) in [5.41, 5.74) is 0.383. The van der Waals surface area contributed by atoms with Crippen LogP contribution < -0.4 is 9.99 Å². The predicted octanol–water partition coefficient (Wildman–Crippen LogP) is 1.73. The lowest BCUT2D eigenvalue weighted by atomic mass is 10.1. The van der Waals surface area contributed by atoms with Crippen LogP contribution in [-0.2, 0) is 14.6 Å². The first kappa shape index (κ1) is 14.1. The SMILES string of the molecule is COP(=O)(O)c1c[n+](C(C)(C)C)nc2ccccc12. The topological polar surface area (TPSA) is 63.3 Å². The first-order valence-electron chi connectivity index (χ1n) is 5.97. The van der Waals surface area contributed by atoms with Crippen molar-refractivity contribution in [3.8, 4) is 0 Å². The third-order valence-electron chi connectivity index (χ3n) is 2.88. The van der Waals surface area contributed by atoms with E-state index in [1.165, 1.54) is 7.11 Å². The van der Waals surface area contributed by atoms with Crippen LogP contribution in [0.3, 0.4) is 0 Å². The Balaban J connectivity index is 2.84. The number of rotatable bonds is 2. The molecule has 1 unspecified atom stereocenters. The average molecular weight is 281 g/mol. The first-order chi connectivity index (χ1) is 8.75. The van der Waals surface area contributed by atoms with Crippen LogP contribution in [0, 0.1) is 0 Å². The number of hydrogen-bond acceptors (Lipinski definition) is 3. The van der Waals surface area contributed by atoms with Crippen LogP contribution in [0.4, 0.5) is 0 Å². The normalized spacial score (nSPS) is 15.4. The highest BCUT2D eigenvalue weighted by atomic mass is 31.2. The van der Waals surface area contributed by atoms with Crippen LogP contribution >= 0.6 is 7.60 Å². The number of hydrogen-bond donors (Lipinski definition) is 1. The summed E-state index contributed by atoms with van der Waals surface area (Å²) >= 11 is 0. The van der Waals surface area contributed by atoms with Crippen molar-refractivity contribution in [3.05, 3.63) is 30.5 Å². The zero-order valence-electron chi connectivity index (χ0n) is 11.5. The van der Waals surface area contributed by atoms with Gasteiger partial charge in [-0.2, -0.15) is 0 Å². The van der Waals surface area contributed by atoms with Crippen LogP contribution in [0.2, 0.25) is 0 Å². The molecule has 5 nitrogen and oxygen atoms in total. The molecule has 0 spiro atoms. The van der Waals surface area contributed by atoms with Gasteiger partial charge in [0.2, 0.25) is 6.20 Å². The van der Waals surface area contributed by atoms with E-state index in [1.807, 2.05) is 39.0 Å². The molecule has 1 atom stereocenters. The summed E-state index contributed by atoms with van der Waals surface area (Å²) in [6, 6.07) is 7.25. The summed E-state index contributed by atoms with van der Waals surface area (Å²) in [4.78, 5) is 9.97. The van der Waals surface area contributed by atoms with E-state index in [0.717, 1.165) is 0 Å². The molecule has 0 saturated carbocycles. The summed E-state index contributed by atoms with van der Waals surface area (Å²) < 4.78 is 18.6. The van der Waals surface area contributed by atoms with Crippen molar-refractivity contribution in [1.29, 1.82) is 0 Å². The zero-order valence-corrected chi connectivity index (χ0v) is 12.4. The minimum Gasteiger partial charge on any atom is -0.321 e. The largest absolute Gasteiger partial charge is 0.365 e. The molecule has 0 radical (unpaired) electrons. The van der Waals surface area contributed by atoms with Gasteiger partial charge in [0.15, 0.2) is 5.54 Å². The Morgan fingerprint density at radius 2 is 1.95 bits per heavy atom. The number of aromatic nitrogens is 2. The molecule has 6 heteroatoms. The van der Waals surface area contributed by atoms with Gasteiger partial charge in [0.05, 0.1) is 0 Å². The van der Waals surface area contributed by atoms with E-state index in [1.54, 1.807) is 16.9 Å². The van der Waals surface area contributed by atoms with Gasteiger partial charge in [-0.05, 0) is 6.07 Å². The van der Waals surface area contributed by atoms with Crippen molar-refractivity contribution < 1.29 is 18.7 Å². The standard InChI is InChI=1S/C13H17N2O3P/c1-13(2,3)15-9-12(19(16,17)18-4)10-7-5-6-8-11(10)14-15/h5-9H,1-4H3/p+1. The van der Waals surface area contributed by atoms with E-state index in [2.05, 4.69) is 5.10 Å². The summed E-state index contributed by atoms with van der Waals surface area (Å²) in [7, 11) is -2.60. The van der Waals surface area contributed by atoms with Crippen molar-refractivity contribution >= 4 is 23.8 Å². The van der Waals surface area contributed by atoms with Gasteiger partial charge in [0.1, 0.15) is 10.8 Å². The van der Waals surface area contributed by atoms with Crippen LogP contribution in [0.5, 0.6) is 0 Å². The van der Waals surface area contributed by atoms with E-state index in [-0.39, 0.29) is 10.8 Å². The maximum absolute atomic E-state index is 12.2. The predicted molar refractivity (Wildman–Crippen MR) is 73.4 cm³/mol. The van der Waals surface area contributed by atoms with E-state index < -0.39 is 7.60 Å². The second kappa shape index (κ2) is 4.67. The molecule has 1 aromatic carbocycles. The summed E-state index contributed by atoms with van der Waals surface area (Å²) in [6.45, 7) is 5.94. The maximum Gasteiger partial charge on any atom is 0.365 e. The Labute approximate surface area is 112 Å². The van der Waals surface area contributed by atoms with Crippen molar-refractivity contribution in [2.45, 2.75) is 26.3 Å². The quantitative estimate of drug-likeness (QED) is 0.672. The van der Waals surface area contributed by atoms with Gasteiger partial charge in [-0.1, -0.05) is 22.9 Å². The molecule has 0 bridgehead atoms. The first-order valence-corrected chi connectivity index (χ1v) is 7.55. The molecule has 0 aliphatic carbocycles. The van der Waals surface area contributed by atoms with Gasteiger partial charge in [-0.25, -0.2) is 0 Å². The fraction of sp³-hybridized carbons (Fsp3) is 0.385. The molecule has 2 rings (SSSR count). The van der Waals surface area contributed by atoms with Gasteiger partial charge < -0.3 is 9.42 Å². The summed E-state index contributed by atoms with van der Waals surface area (Å²) in [5.74, 6) is 0. The Bertz CT molecular complexity index is 664. The molecule has 2 aromatic rings. The van der Waals surface area contributed by atoms with Gasteiger partial charge >= 0.3 is 7.60 Å². The van der Waals surface area contributed by atoms with Crippen LogP contribution in [0.1, 0.15) is 20.8 Å². The van der Waals surface area contributed by atoms with Crippen molar-refractivity contribution in [2.24, 2.45) is 0 Å². The molecular formula is C13H18N2O3P+. The zero-order chi connectivity index (χ0) is 14.3. The minimum atomic E-state index is -3.83. The molecule has 1 heterocycles. The Morgan fingerprint density at radius 1 is 1.32 bits per heavy atom. The van der Waals surface area contributed by atoms with E-state index >= 15 is 0 Å². The monoisotopic (exact) mass is 281 g/mol. The highest BCUT2D eigenvalue weighted by Gasteiger charge is 2.32. The molecule has 0 aliphatic rings. The highest BCUT2D eigenvalue weighted by Crippen LogP contribution is 2.40. The van der Waals surface area contributed by atoms with Gasteiger partial charge in [-0.15, -0.1) is 0 Å². The fourth-order valence-electron chi connectivity index (χ4n) is 1.77. The lowest BCUT2D eigenvalue weighted by molar-refractivity contribution is -0.803. The van der Waals surface area contributed by atoms with Gasteiger partial charge in [0.25, 0.3) is 0 Å². The van der Waals surface area contributed by atoms with E-state index in [4.69, 9.17) is 4.52 Å². The molecule has 0 aliphatic heterocycles. The van der Waals surface area contributed by atoms with Gasteiger partial charge in [-0.3, -0.25) is 4.57 Å². The molecule has 0 saturated heterocycles. The summed E-state index contributed by atoms with van der Waals surface area (Å²) in [5, 5.41) is 5.39. The van der Waals surface area contributed by atoms with E-state index in [9.17, 15) is 9.46 Å². The molecule has 0 amide bonds. The lowest BCUT2D eigenvalue weighted by Gasteiger charge is -2.14. The second-order valence-electron chi connectivity index (χ2n) is 5.35. The van der Waals surface area contributed by atoms with E-state index in [0.29, 0.717) is 10.9 Å². The second-order valence-corrected chi connectivity index (χ2v) is 7.24. The minimum absolute atomic E-state index is 0.274. The van der Waals surface area contributed by atoms with Crippen LogP contribution in [0.15, 0.2) is 30.5 Å². The molecule has 19 heavy (non-hydrogen) atoms. The number of nitrogens with zero attached hydrogens (tertiary/aromatic N) is 2. The fourth-order valence-corrected chi connectivity index (χ4v) is 2.72. The third-order valence-corrected chi connectivity index (χ3v) is 4.34. The van der Waals surface area contributed by atoms with Crippen molar-refractivity contribution in [3.63, 3.8) is 0 Å². The molecular weight excluding hydrogens is 263 g/mol. The lowest BCUT2D eigenvalue weighted by Crippen LogP contribution is -2.54. The molecule has 102 valence electrons. The Kier molecular flexibility index (Phi) is 3.47. The smallest absolute Gasteiger partial charge is 0.321 e. The summed E-state index contributed by atoms with van der Waals surface area (Å²) in [6.07, 6.45) is 1.59. The van der Waals surface area contributed by atoms with Crippen LogP contribution in [0.25, 0.3) is 10.9 Å². The Morgan fingerprint density at radius 3 is 2.53 bits per heavy atom.